The second-order valence-electron chi connectivity index (χ2n) is 7.72. The average molecular weight is 399 g/mol. The first-order valence-corrected chi connectivity index (χ1v) is 11.4. The van der Waals surface area contributed by atoms with Gasteiger partial charge in [-0.1, -0.05) is 44.4 Å². The molecule has 5 nitrogen and oxygen atoms in total. The topological polar surface area (TPSA) is 89.8 Å². The van der Waals surface area contributed by atoms with E-state index in [1.165, 1.54) is 13.2 Å². The highest BCUT2D eigenvalue weighted by Gasteiger charge is 2.55. The van der Waals surface area contributed by atoms with Gasteiger partial charge >= 0.3 is 5.97 Å². The third-order valence-corrected chi connectivity index (χ3v) is 8.05. The van der Waals surface area contributed by atoms with Crippen LogP contribution in [0, 0.1) is 11.8 Å². The molecule has 0 bridgehead atoms. The first kappa shape index (κ1) is 22.5. The summed E-state index contributed by atoms with van der Waals surface area (Å²) in [4.78, 5) is 11.1. The lowest BCUT2D eigenvalue weighted by Crippen LogP contribution is -2.24. The highest BCUT2D eigenvalue weighted by atomic mass is 32.2. The van der Waals surface area contributed by atoms with Crippen LogP contribution in [0.5, 0.6) is 0 Å². The van der Waals surface area contributed by atoms with Crippen molar-refractivity contribution < 1.29 is 24.3 Å². The van der Waals surface area contributed by atoms with Crippen LogP contribution in [0.1, 0.15) is 58.3 Å². The van der Waals surface area contributed by atoms with Gasteiger partial charge in [0, 0.05) is 30.8 Å². The summed E-state index contributed by atoms with van der Waals surface area (Å²) in [5.74, 6) is -0.171. The molecule has 2 rings (SSSR count). The molecular formula is C21H34O5S. The molecule has 0 aromatic heterocycles. The molecule has 1 saturated carbocycles. The van der Waals surface area contributed by atoms with Crippen LogP contribution in [0.15, 0.2) is 24.3 Å². The lowest BCUT2D eigenvalue weighted by molar-refractivity contribution is -0.134. The van der Waals surface area contributed by atoms with Gasteiger partial charge < -0.3 is 19.5 Å². The highest BCUT2D eigenvalue weighted by molar-refractivity contribution is 7.92. The Labute approximate surface area is 166 Å². The smallest absolute Gasteiger partial charge is 0.330 e. The quantitative estimate of drug-likeness (QED) is 0.194. The van der Waals surface area contributed by atoms with Crippen LogP contribution < -0.4 is 0 Å². The summed E-state index contributed by atoms with van der Waals surface area (Å²) in [6, 6.07) is 0. The van der Waals surface area contributed by atoms with E-state index >= 15 is 0 Å². The molecule has 2 unspecified atom stereocenters. The van der Waals surface area contributed by atoms with Gasteiger partial charge in [-0.2, -0.15) is 0 Å². The van der Waals surface area contributed by atoms with Crippen LogP contribution in [0.2, 0.25) is 0 Å². The second-order valence-corrected chi connectivity index (χ2v) is 9.65. The number of allylic oxidation sites excluding steroid dienone is 1. The third kappa shape index (κ3) is 6.34. The molecular weight excluding hydrogens is 364 g/mol. The molecule has 27 heavy (non-hydrogen) atoms. The molecule has 1 saturated heterocycles. The Morgan fingerprint density at radius 1 is 1.37 bits per heavy atom. The van der Waals surface area contributed by atoms with Gasteiger partial charge in [0.1, 0.15) is 10.5 Å². The number of hydrogen-bond acceptors (Lipinski definition) is 5. The van der Waals surface area contributed by atoms with Crippen molar-refractivity contribution in [2.24, 2.45) is 11.8 Å². The summed E-state index contributed by atoms with van der Waals surface area (Å²) in [7, 11) is 1.35. The maximum Gasteiger partial charge on any atom is 0.330 e. The molecule has 0 radical (unpaired) electrons. The maximum absolute atomic E-state index is 12.8. The molecule has 0 spiro atoms. The monoisotopic (exact) mass is 398 g/mol. The molecule has 0 aromatic rings. The van der Waals surface area contributed by atoms with Crippen LogP contribution >= 0.6 is 0 Å². The number of fused-ring (bicyclic) bond motifs is 1. The van der Waals surface area contributed by atoms with Crippen molar-refractivity contribution in [3.8, 4) is 0 Å². The van der Waals surface area contributed by atoms with E-state index in [-0.39, 0.29) is 28.3 Å². The zero-order chi connectivity index (χ0) is 19.8. The summed E-state index contributed by atoms with van der Waals surface area (Å²) < 4.78 is 17.4. The summed E-state index contributed by atoms with van der Waals surface area (Å²) in [5.41, 5.74) is 0. The molecule has 0 amide bonds. The van der Waals surface area contributed by atoms with Crippen molar-refractivity contribution in [1.82, 2.24) is 0 Å². The number of methoxy groups -OCH3 is 1. The van der Waals surface area contributed by atoms with Crippen molar-refractivity contribution in [3.05, 3.63) is 24.3 Å². The van der Waals surface area contributed by atoms with Crippen molar-refractivity contribution in [2.45, 2.75) is 81.0 Å². The minimum absolute atomic E-state index is 0.0182. The van der Waals surface area contributed by atoms with Crippen LogP contribution in [0.25, 0.3) is 0 Å². The van der Waals surface area contributed by atoms with E-state index < -0.39 is 23.4 Å². The minimum Gasteiger partial charge on any atom is -0.616 e. The van der Waals surface area contributed by atoms with Crippen molar-refractivity contribution in [1.29, 1.82) is 0 Å². The molecule has 6 heteroatoms. The fourth-order valence-electron chi connectivity index (χ4n) is 4.32. The molecule has 2 aliphatic rings. The number of aliphatic hydroxyl groups is 2. The second kappa shape index (κ2) is 11.2. The Kier molecular flexibility index (Phi) is 9.36. The first-order chi connectivity index (χ1) is 13.0. The van der Waals surface area contributed by atoms with Crippen molar-refractivity contribution in [2.75, 3.05) is 7.11 Å². The lowest BCUT2D eigenvalue weighted by atomic mass is 9.89. The minimum atomic E-state index is -0.950. The number of carbonyl (C=O) groups is 1. The summed E-state index contributed by atoms with van der Waals surface area (Å²) in [5, 5.41) is 20.7. The zero-order valence-electron chi connectivity index (χ0n) is 16.5. The number of unbranched alkanes of at least 4 members (excludes halogenated alkanes) is 2. The van der Waals surface area contributed by atoms with Crippen molar-refractivity contribution in [3.63, 3.8) is 0 Å². The van der Waals surface area contributed by atoms with Gasteiger partial charge in [-0.25, -0.2) is 4.79 Å². The average Bonchev–Trinajstić information content (AvgIpc) is 3.12. The zero-order valence-corrected chi connectivity index (χ0v) is 17.3. The highest BCUT2D eigenvalue weighted by Crippen LogP contribution is 2.48. The van der Waals surface area contributed by atoms with E-state index in [2.05, 4.69) is 11.7 Å². The molecule has 154 valence electrons. The third-order valence-electron chi connectivity index (χ3n) is 5.82. The van der Waals surface area contributed by atoms with Gasteiger partial charge in [0.05, 0.1) is 19.3 Å². The molecule has 2 N–H and O–H groups in total. The van der Waals surface area contributed by atoms with Crippen LogP contribution in [0.3, 0.4) is 0 Å². The predicted octanol–water partition coefficient (Wildman–Crippen LogP) is 2.88. The summed E-state index contributed by atoms with van der Waals surface area (Å²) >= 11 is -0.950. The summed E-state index contributed by atoms with van der Waals surface area (Å²) in [6.45, 7) is 2.14. The Bertz CT molecular complexity index is 521. The fraction of sp³-hybridized carbons (Fsp3) is 0.762. The molecule has 1 heterocycles. The van der Waals surface area contributed by atoms with E-state index in [9.17, 15) is 19.6 Å². The van der Waals surface area contributed by atoms with Crippen molar-refractivity contribution >= 4 is 17.1 Å². The van der Waals surface area contributed by atoms with Gasteiger partial charge in [-0.05, 0) is 30.4 Å². The van der Waals surface area contributed by atoms with Gasteiger partial charge in [0.15, 0.2) is 0 Å². The molecule has 1 aliphatic carbocycles. The van der Waals surface area contributed by atoms with Gasteiger partial charge in [0.25, 0.3) is 0 Å². The molecule has 1 aliphatic heterocycles. The van der Waals surface area contributed by atoms with Crippen LogP contribution in [-0.4, -0.2) is 50.6 Å². The Hall–Kier alpha value is -0.820. The van der Waals surface area contributed by atoms with Gasteiger partial charge in [-0.3, -0.25) is 0 Å². The normalized spacial score (nSPS) is 34.4. The van der Waals surface area contributed by atoms with E-state index in [1.54, 1.807) is 6.08 Å². The van der Waals surface area contributed by atoms with Gasteiger partial charge in [0.2, 0.25) is 0 Å². The number of ether oxygens (including phenoxy) is 1. The largest absolute Gasteiger partial charge is 0.616 e. The van der Waals surface area contributed by atoms with E-state index in [0.717, 1.165) is 38.5 Å². The van der Waals surface area contributed by atoms with Gasteiger partial charge in [-0.15, -0.1) is 0 Å². The SMILES string of the molecule is CCCCC[C@H](O)/C=C/[C@@H]1[C@H]2CC(CC/C=C/C(=O)OC)[S+]([O-])[C@@H]2C[C@H]1O. The molecule has 7 atom stereocenters. The summed E-state index contributed by atoms with van der Waals surface area (Å²) in [6.07, 6.45) is 12.9. The molecule has 2 fully saturated rings. The van der Waals surface area contributed by atoms with Crippen LogP contribution in [0.4, 0.5) is 0 Å². The number of carbonyl (C=O) groups excluding carboxylic acids is 1. The standard InChI is InChI=1S/C21H34O5S/c1-3-4-5-8-15(22)11-12-17-18-13-16(9-6-7-10-21(24)26-2)27(25)20(18)14-19(17)23/h7,10-12,15-20,22-23H,3-6,8-9,13-14H2,1-2H3/b10-7+,12-11+/t15-,16?,17+,18+,19+,20+,27?/m0/s1. The number of rotatable bonds is 10. The predicted molar refractivity (Wildman–Crippen MR) is 108 cm³/mol. The Morgan fingerprint density at radius 2 is 2.15 bits per heavy atom. The maximum atomic E-state index is 12.8. The van der Waals surface area contributed by atoms with E-state index in [4.69, 9.17) is 0 Å². The first-order valence-electron chi connectivity index (χ1n) is 10.2. The van der Waals surface area contributed by atoms with Crippen LogP contribution in [-0.2, 0) is 20.7 Å². The Morgan fingerprint density at radius 3 is 2.85 bits per heavy atom. The van der Waals surface area contributed by atoms with E-state index in [0.29, 0.717) is 12.8 Å². The Balaban J connectivity index is 1.86. The molecule has 0 aromatic carbocycles. The van der Waals surface area contributed by atoms with E-state index in [1.807, 2.05) is 12.2 Å². The fourth-order valence-corrected chi connectivity index (χ4v) is 6.61. The number of esters is 1. The number of aliphatic hydroxyl groups excluding tert-OH is 2. The number of hydrogen-bond donors (Lipinski definition) is 2. The lowest BCUT2D eigenvalue weighted by Gasteiger charge is -2.18.